The van der Waals surface area contributed by atoms with Gasteiger partial charge in [-0.05, 0) is 103 Å². The van der Waals surface area contributed by atoms with Crippen LogP contribution in [-0.2, 0) is 45.4 Å². The third kappa shape index (κ3) is 12.7. The summed E-state index contributed by atoms with van der Waals surface area (Å²) in [5.74, 6) is 1.66. The molecule has 0 saturated carbocycles. The van der Waals surface area contributed by atoms with E-state index in [1.54, 1.807) is 0 Å². The topological polar surface area (TPSA) is 89.5 Å². The van der Waals surface area contributed by atoms with Crippen LogP contribution in [0.2, 0.25) is 0 Å². The number of nitrogens with zero attached hydrogens (tertiary/aromatic N) is 2. The van der Waals surface area contributed by atoms with Gasteiger partial charge in [-0.3, -0.25) is 9.80 Å². The molecule has 0 aromatic heterocycles. The number of aliphatic hydroxyl groups is 2. The maximum atomic E-state index is 10.9. The highest BCUT2D eigenvalue weighted by Crippen LogP contribution is 2.23. The third-order valence-corrected chi connectivity index (χ3v) is 10.7. The quantitative estimate of drug-likeness (QED) is 0.0702. The first-order valence-corrected chi connectivity index (χ1v) is 20.3. The van der Waals surface area contributed by atoms with Gasteiger partial charge >= 0.3 is 0 Å². The van der Waals surface area contributed by atoms with E-state index in [-0.39, 0.29) is 0 Å². The number of para-hydroxylation sites is 1. The van der Waals surface area contributed by atoms with Crippen LogP contribution >= 0.6 is 0 Å². The molecule has 0 spiro atoms. The molecule has 0 bridgehead atoms. The van der Waals surface area contributed by atoms with Crippen LogP contribution in [0.25, 0.3) is 0 Å². The summed E-state index contributed by atoms with van der Waals surface area (Å²) in [4.78, 5) is 4.68. The lowest BCUT2D eigenvalue weighted by Gasteiger charge is -2.30. The molecule has 0 saturated heterocycles. The second-order valence-corrected chi connectivity index (χ2v) is 15.2. The van der Waals surface area contributed by atoms with Crippen LogP contribution in [-0.4, -0.2) is 84.7 Å². The monoisotopic (exact) mass is 734 g/mol. The van der Waals surface area contributed by atoms with Gasteiger partial charge in [-0.25, -0.2) is 0 Å². The number of fused-ring (bicyclic) bond motifs is 2. The molecule has 6 rings (SSSR count). The normalized spacial score (nSPS) is 15.7. The Labute approximate surface area is 323 Å². The number of hydrogen-bond donors (Lipinski definition) is 4. The number of benzene rings is 4. The Morgan fingerprint density at radius 1 is 0.630 bits per heavy atom. The molecule has 4 aromatic carbocycles. The zero-order valence-electron chi connectivity index (χ0n) is 32.4. The Kier molecular flexibility index (Phi) is 15.8. The molecular formula is C46H62N4O4. The van der Waals surface area contributed by atoms with Gasteiger partial charge in [0.1, 0.15) is 36.9 Å². The number of aliphatic hydroxyl groups excluding tert-OH is 2. The summed E-state index contributed by atoms with van der Waals surface area (Å²) in [5, 5.41) is 28.7. The van der Waals surface area contributed by atoms with E-state index in [2.05, 4.69) is 88.0 Å². The fourth-order valence-corrected chi connectivity index (χ4v) is 7.64. The molecule has 8 heteroatoms. The number of β-amino-alcohol motifs (C(OH)–C–C–N with tert-alkyl or cyclic N) is 2. The first-order chi connectivity index (χ1) is 26.5. The maximum absolute atomic E-state index is 10.9. The fraction of sp³-hybridized carbons (Fsp3) is 0.478. The summed E-state index contributed by atoms with van der Waals surface area (Å²) in [6.45, 7) is 11.2. The van der Waals surface area contributed by atoms with E-state index in [0.29, 0.717) is 26.3 Å². The molecule has 2 heterocycles. The first kappa shape index (κ1) is 39.9. The van der Waals surface area contributed by atoms with E-state index in [0.717, 1.165) is 108 Å². The zero-order valence-corrected chi connectivity index (χ0v) is 32.4. The molecule has 54 heavy (non-hydrogen) atoms. The van der Waals surface area contributed by atoms with E-state index in [1.165, 1.54) is 39.8 Å². The lowest BCUT2D eigenvalue weighted by Crippen LogP contribution is -2.39. The first-order valence-electron chi connectivity index (χ1n) is 20.3. The standard InChI is InChI=1S/C46H62N4O4/c1-2-3-22-48-29-40-14-6-7-17-46(40)54-35-44(52)33-50-25-21-39-19-18-36(26-42(39)31-50)11-8-9-23-47-28-37-12-10-16-45(27-37)53-34-43(51)32-49-24-20-38-13-4-5-15-41(38)30-49/h4-7,10,12-19,26-27,43-44,47-48,51-52H,2-3,8-9,11,20-25,28-35H2,1H3. The molecule has 8 nitrogen and oxygen atoms in total. The van der Waals surface area contributed by atoms with E-state index in [9.17, 15) is 10.2 Å². The average molecular weight is 735 g/mol. The molecule has 2 aliphatic heterocycles. The molecule has 2 aliphatic rings. The van der Waals surface area contributed by atoms with Crippen molar-refractivity contribution in [2.24, 2.45) is 0 Å². The van der Waals surface area contributed by atoms with Crippen molar-refractivity contribution in [1.29, 1.82) is 0 Å². The Morgan fingerprint density at radius 3 is 2.13 bits per heavy atom. The zero-order chi connectivity index (χ0) is 37.4. The van der Waals surface area contributed by atoms with Crippen molar-refractivity contribution in [2.75, 3.05) is 52.5 Å². The van der Waals surface area contributed by atoms with Crippen molar-refractivity contribution in [3.63, 3.8) is 0 Å². The molecule has 4 N–H and O–H groups in total. The van der Waals surface area contributed by atoms with Gasteiger partial charge in [0.15, 0.2) is 0 Å². The number of nitrogens with one attached hydrogen (secondary N) is 2. The lowest BCUT2D eigenvalue weighted by molar-refractivity contribution is 0.0634. The highest BCUT2D eigenvalue weighted by Gasteiger charge is 2.21. The summed E-state index contributed by atoms with van der Waals surface area (Å²) in [6, 6.07) is 31.9. The summed E-state index contributed by atoms with van der Waals surface area (Å²) in [7, 11) is 0. The van der Waals surface area contributed by atoms with Gasteiger partial charge in [0, 0.05) is 57.9 Å². The predicted octanol–water partition coefficient (Wildman–Crippen LogP) is 6.28. The summed E-state index contributed by atoms with van der Waals surface area (Å²) in [5.41, 5.74) is 9.32. The minimum Gasteiger partial charge on any atom is -0.491 e. The van der Waals surface area contributed by atoms with Crippen LogP contribution in [0.15, 0.2) is 91.0 Å². The van der Waals surface area contributed by atoms with Crippen molar-refractivity contribution >= 4 is 0 Å². The SMILES string of the molecule is CCCCNCc1ccccc1OCC(O)CN1CCc2ccc(CCCCNCc3cccc(OCC(O)CN4CCc5ccccc5C4)c3)cc2C1. The minimum absolute atomic E-state index is 0.291. The van der Waals surface area contributed by atoms with Gasteiger partial charge < -0.3 is 30.3 Å². The van der Waals surface area contributed by atoms with E-state index < -0.39 is 12.2 Å². The Hall–Kier alpha value is -3.76. The molecule has 0 amide bonds. The maximum Gasteiger partial charge on any atom is 0.123 e. The molecular weight excluding hydrogens is 673 g/mol. The molecule has 0 aliphatic carbocycles. The van der Waals surface area contributed by atoms with Gasteiger partial charge in [-0.1, -0.05) is 86.1 Å². The van der Waals surface area contributed by atoms with Crippen molar-refractivity contribution < 1.29 is 19.7 Å². The molecule has 290 valence electrons. The fourth-order valence-electron chi connectivity index (χ4n) is 7.64. The second kappa shape index (κ2) is 21.4. The highest BCUT2D eigenvalue weighted by atomic mass is 16.5. The Morgan fingerprint density at radius 2 is 1.31 bits per heavy atom. The predicted molar refractivity (Wildman–Crippen MR) is 218 cm³/mol. The summed E-state index contributed by atoms with van der Waals surface area (Å²) < 4.78 is 12.1. The molecule has 0 fully saturated rings. The highest BCUT2D eigenvalue weighted by molar-refractivity contribution is 5.35. The lowest BCUT2D eigenvalue weighted by atomic mass is 9.95. The summed E-state index contributed by atoms with van der Waals surface area (Å²) in [6.07, 6.45) is 6.62. The molecule has 0 radical (unpaired) electrons. The molecule has 2 atom stereocenters. The number of rotatable bonds is 22. The Bertz CT molecular complexity index is 1720. The van der Waals surface area contributed by atoms with Gasteiger partial charge in [0.2, 0.25) is 0 Å². The number of hydrogen-bond acceptors (Lipinski definition) is 8. The minimum atomic E-state index is -0.541. The van der Waals surface area contributed by atoms with Crippen LogP contribution in [0.4, 0.5) is 0 Å². The van der Waals surface area contributed by atoms with Gasteiger partial charge in [-0.2, -0.15) is 0 Å². The number of unbranched alkanes of at least 4 members (excludes halogenated alkanes) is 2. The second-order valence-electron chi connectivity index (χ2n) is 15.2. The van der Waals surface area contributed by atoms with Crippen LogP contribution in [0, 0.1) is 0 Å². The third-order valence-electron chi connectivity index (χ3n) is 10.7. The Balaban J connectivity index is 0.851. The van der Waals surface area contributed by atoms with E-state index in [1.807, 2.05) is 30.3 Å². The van der Waals surface area contributed by atoms with Crippen LogP contribution in [0.5, 0.6) is 11.5 Å². The largest absolute Gasteiger partial charge is 0.491 e. The van der Waals surface area contributed by atoms with Crippen LogP contribution < -0.4 is 20.1 Å². The van der Waals surface area contributed by atoms with Gasteiger partial charge in [0.25, 0.3) is 0 Å². The van der Waals surface area contributed by atoms with Crippen molar-refractivity contribution in [2.45, 2.75) is 90.3 Å². The number of aryl methyl sites for hydroxylation is 1. The van der Waals surface area contributed by atoms with Crippen molar-refractivity contribution in [3.05, 3.63) is 130 Å². The number of ether oxygens (including phenoxy) is 2. The molecule has 4 aromatic rings. The smallest absolute Gasteiger partial charge is 0.123 e. The van der Waals surface area contributed by atoms with Crippen molar-refractivity contribution in [1.82, 2.24) is 20.4 Å². The average Bonchev–Trinajstić information content (AvgIpc) is 3.19. The molecule has 2 unspecified atom stereocenters. The summed E-state index contributed by atoms with van der Waals surface area (Å²) >= 11 is 0. The van der Waals surface area contributed by atoms with Crippen LogP contribution in [0.1, 0.15) is 71.6 Å². The van der Waals surface area contributed by atoms with E-state index in [4.69, 9.17) is 9.47 Å². The van der Waals surface area contributed by atoms with Crippen molar-refractivity contribution in [3.8, 4) is 11.5 Å². The van der Waals surface area contributed by atoms with Gasteiger partial charge in [0.05, 0.1) is 0 Å². The van der Waals surface area contributed by atoms with Crippen LogP contribution in [0.3, 0.4) is 0 Å². The van der Waals surface area contributed by atoms with Gasteiger partial charge in [-0.15, -0.1) is 0 Å². The van der Waals surface area contributed by atoms with E-state index >= 15 is 0 Å².